The highest BCUT2D eigenvalue weighted by Gasteiger charge is 2.24. The smallest absolute Gasteiger partial charge is 0.318 e. The average molecular weight is 369 g/mol. The third-order valence-corrected chi connectivity index (χ3v) is 4.98. The van der Waals surface area contributed by atoms with Crippen LogP contribution in [0, 0.1) is 0 Å². The highest BCUT2D eigenvalue weighted by molar-refractivity contribution is 8.00. The van der Waals surface area contributed by atoms with Gasteiger partial charge in [-0.15, -0.1) is 10.2 Å². The molecule has 0 saturated heterocycles. The standard InChI is InChI=1S/C16H21ClN4O2S/c1-10(20(3)4)14-18-19-16(24-11(2)15(22)23-5)21(14)13-8-6-12(17)7-9-13/h6-11H,1-5H3/t10-,11+/m1/s1. The van der Waals surface area contributed by atoms with Gasteiger partial charge in [-0.05, 0) is 52.2 Å². The molecule has 0 aliphatic rings. The number of hydrogen-bond acceptors (Lipinski definition) is 6. The van der Waals surface area contributed by atoms with Gasteiger partial charge in [-0.2, -0.15) is 0 Å². The van der Waals surface area contributed by atoms with Crippen LogP contribution in [0.1, 0.15) is 25.7 Å². The highest BCUT2D eigenvalue weighted by Crippen LogP contribution is 2.29. The van der Waals surface area contributed by atoms with Crippen molar-refractivity contribution in [3.8, 4) is 5.69 Å². The SMILES string of the molecule is COC(=O)[C@H](C)Sc1nnc([C@@H](C)N(C)C)n1-c1ccc(Cl)cc1. The van der Waals surface area contributed by atoms with Crippen LogP contribution in [-0.2, 0) is 9.53 Å². The summed E-state index contributed by atoms with van der Waals surface area (Å²) in [5, 5.41) is 9.54. The number of methoxy groups -OCH3 is 1. The Bertz CT molecular complexity index is 703. The fourth-order valence-corrected chi connectivity index (χ4v) is 3.09. The number of esters is 1. The van der Waals surface area contributed by atoms with Crippen molar-refractivity contribution in [1.82, 2.24) is 19.7 Å². The van der Waals surface area contributed by atoms with Crippen molar-refractivity contribution in [3.63, 3.8) is 0 Å². The van der Waals surface area contributed by atoms with E-state index in [0.717, 1.165) is 11.5 Å². The van der Waals surface area contributed by atoms with Crippen molar-refractivity contribution >= 4 is 29.3 Å². The molecular formula is C16H21ClN4O2S. The molecule has 1 heterocycles. The Hall–Kier alpha value is -1.57. The van der Waals surface area contributed by atoms with Gasteiger partial charge in [-0.3, -0.25) is 14.3 Å². The molecule has 0 radical (unpaired) electrons. The summed E-state index contributed by atoms with van der Waals surface area (Å²) in [5.74, 6) is 0.495. The summed E-state index contributed by atoms with van der Waals surface area (Å²) < 4.78 is 6.74. The van der Waals surface area contributed by atoms with Gasteiger partial charge in [0.2, 0.25) is 0 Å². The van der Waals surface area contributed by atoms with Crippen LogP contribution in [0.3, 0.4) is 0 Å². The minimum Gasteiger partial charge on any atom is -0.468 e. The number of aromatic nitrogens is 3. The number of thioether (sulfide) groups is 1. The highest BCUT2D eigenvalue weighted by atomic mass is 35.5. The van der Waals surface area contributed by atoms with Crippen molar-refractivity contribution in [1.29, 1.82) is 0 Å². The molecule has 130 valence electrons. The summed E-state index contributed by atoms with van der Waals surface area (Å²) in [6.45, 7) is 3.83. The molecular weight excluding hydrogens is 348 g/mol. The minimum absolute atomic E-state index is 0.0518. The lowest BCUT2D eigenvalue weighted by molar-refractivity contribution is -0.139. The van der Waals surface area contributed by atoms with Crippen LogP contribution in [0.25, 0.3) is 5.69 Å². The van der Waals surface area contributed by atoms with Crippen LogP contribution in [0.5, 0.6) is 0 Å². The molecule has 0 aliphatic heterocycles. The normalized spacial score (nSPS) is 13.8. The number of nitrogens with zero attached hydrogens (tertiary/aromatic N) is 4. The Morgan fingerprint density at radius 2 is 1.88 bits per heavy atom. The predicted octanol–water partition coefficient (Wildman–Crippen LogP) is 3.20. The number of benzene rings is 1. The lowest BCUT2D eigenvalue weighted by Gasteiger charge is -2.20. The molecule has 0 unspecified atom stereocenters. The first-order valence-electron chi connectivity index (χ1n) is 7.47. The summed E-state index contributed by atoms with van der Waals surface area (Å²) in [6.07, 6.45) is 0. The van der Waals surface area contributed by atoms with Gasteiger partial charge >= 0.3 is 5.97 Å². The molecule has 1 aromatic carbocycles. The van der Waals surface area contributed by atoms with E-state index < -0.39 is 0 Å². The van der Waals surface area contributed by atoms with Gasteiger partial charge in [-0.25, -0.2) is 0 Å². The van der Waals surface area contributed by atoms with Crippen molar-refractivity contribution in [2.45, 2.75) is 30.3 Å². The van der Waals surface area contributed by atoms with Gasteiger partial charge in [0.05, 0.1) is 13.2 Å². The van der Waals surface area contributed by atoms with Crippen molar-refractivity contribution in [2.24, 2.45) is 0 Å². The molecule has 2 rings (SSSR count). The number of hydrogen-bond donors (Lipinski definition) is 0. The maximum atomic E-state index is 11.7. The molecule has 2 aromatic rings. The Morgan fingerprint density at radius 1 is 1.25 bits per heavy atom. The molecule has 2 atom stereocenters. The first kappa shape index (κ1) is 18.8. The zero-order chi connectivity index (χ0) is 17.9. The van der Waals surface area contributed by atoms with Gasteiger partial charge in [0.25, 0.3) is 0 Å². The van der Waals surface area contributed by atoms with Gasteiger partial charge < -0.3 is 4.74 Å². The summed E-state index contributed by atoms with van der Waals surface area (Å²) >= 11 is 7.31. The summed E-state index contributed by atoms with van der Waals surface area (Å²) in [6, 6.07) is 7.50. The van der Waals surface area contributed by atoms with Crippen LogP contribution in [0.15, 0.2) is 29.4 Å². The second kappa shape index (κ2) is 8.00. The van der Waals surface area contributed by atoms with E-state index in [0.29, 0.717) is 10.2 Å². The molecule has 1 aromatic heterocycles. The molecule has 0 aliphatic carbocycles. The molecule has 0 saturated carbocycles. The first-order valence-corrected chi connectivity index (χ1v) is 8.73. The zero-order valence-corrected chi connectivity index (χ0v) is 15.9. The molecule has 6 nitrogen and oxygen atoms in total. The number of carbonyl (C=O) groups excluding carboxylic acids is 1. The van der Waals surface area contributed by atoms with Gasteiger partial charge in [0, 0.05) is 10.7 Å². The summed E-state index contributed by atoms with van der Waals surface area (Å²) in [5.41, 5.74) is 0.896. The topological polar surface area (TPSA) is 60.2 Å². The molecule has 0 amide bonds. The van der Waals surface area contributed by atoms with Gasteiger partial charge in [-0.1, -0.05) is 23.4 Å². The minimum atomic E-state index is -0.382. The Labute approximate surface area is 151 Å². The van der Waals surface area contributed by atoms with Crippen LogP contribution in [-0.4, -0.2) is 52.1 Å². The monoisotopic (exact) mass is 368 g/mol. The van der Waals surface area contributed by atoms with Crippen molar-refractivity contribution in [2.75, 3.05) is 21.2 Å². The Kier molecular flexibility index (Phi) is 6.26. The second-order valence-corrected chi connectivity index (χ2v) is 7.32. The molecule has 0 bridgehead atoms. The van der Waals surface area contributed by atoms with E-state index in [9.17, 15) is 4.79 Å². The van der Waals surface area contributed by atoms with Crippen LogP contribution >= 0.6 is 23.4 Å². The largest absolute Gasteiger partial charge is 0.468 e. The van der Waals surface area contributed by atoms with Gasteiger partial charge in [0.15, 0.2) is 11.0 Å². The number of halogens is 1. The third kappa shape index (κ3) is 4.09. The van der Waals surface area contributed by atoms with Crippen molar-refractivity contribution < 1.29 is 9.53 Å². The van der Waals surface area contributed by atoms with Crippen LogP contribution in [0.4, 0.5) is 0 Å². The third-order valence-electron chi connectivity index (χ3n) is 3.71. The lowest BCUT2D eigenvalue weighted by Crippen LogP contribution is -2.21. The average Bonchev–Trinajstić information content (AvgIpc) is 2.97. The summed E-state index contributed by atoms with van der Waals surface area (Å²) in [4.78, 5) is 13.8. The molecule has 0 fully saturated rings. The van der Waals surface area contributed by atoms with Gasteiger partial charge in [0.1, 0.15) is 5.25 Å². The zero-order valence-electron chi connectivity index (χ0n) is 14.4. The van der Waals surface area contributed by atoms with Crippen molar-refractivity contribution in [3.05, 3.63) is 35.1 Å². The van der Waals surface area contributed by atoms with Crippen LogP contribution < -0.4 is 0 Å². The van der Waals surface area contributed by atoms with E-state index in [2.05, 4.69) is 22.0 Å². The summed E-state index contributed by atoms with van der Waals surface area (Å²) in [7, 11) is 5.34. The Morgan fingerprint density at radius 3 is 2.42 bits per heavy atom. The maximum Gasteiger partial charge on any atom is 0.318 e. The van der Waals surface area contributed by atoms with E-state index in [1.807, 2.05) is 42.9 Å². The van der Waals surface area contributed by atoms with E-state index in [-0.39, 0.29) is 17.3 Å². The molecule has 24 heavy (non-hydrogen) atoms. The Balaban J connectivity index is 2.47. The first-order chi connectivity index (χ1) is 11.3. The predicted molar refractivity (Wildman–Crippen MR) is 95.8 cm³/mol. The fourth-order valence-electron chi connectivity index (χ4n) is 2.06. The fraction of sp³-hybridized carbons (Fsp3) is 0.438. The van der Waals surface area contributed by atoms with E-state index in [1.165, 1.54) is 18.9 Å². The number of carbonyl (C=O) groups is 1. The van der Waals surface area contributed by atoms with E-state index >= 15 is 0 Å². The second-order valence-electron chi connectivity index (χ2n) is 5.58. The number of ether oxygens (including phenoxy) is 1. The molecule has 0 spiro atoms. The number of rotatable bonds is 6. The quantitative estimate of drug-likeness (QED) is 0.576. The van der Waals surface area contributed by atoms with E-state index in [1.54, 1.807) is 6.92 Å². The molecule has 8 heteroatoms. The maximum absolute atomic E-state index is 11.7. The van der Waals surface area contributed by atoms with E-state index in [4.69, 9.17) is 16.3 Å². The lowest BCUT2D eigenvalue weighted by atomic mass is 10.2. The van der Waals surface area contributed by atoms with Crippen LogP contribution in [0.2, 0.25) is 5.02 Å². The molecule has 0 N–H and O–H groups in total.